The second kappa shape index (κ2) is 16.4. The number of ether oxygens (including phenoxy) is 4. The molecule has 0 amide bonds. The van der Waals surface area contributed by atoms with Crippen molar-refractivity contribution in [3.8, 4) is 0 Å². The molecule has 0 aromatic carbocycles. The van der Waals surface area contributed by atoms with E-state index in [0.29, 0.717) is 6.42 Å². The van der Waals surface area contributed by atoms with E-state index in [2.05, 4.69) is 12.2 Å². The molecule has 2 rings (SSSR count). The summed E-state index contributed by atoms with van der Waals surface area (Å²) in [4.78, 5) is 0. The zero-order chi connectivity index (χ0) is 23.9. The van der Waals surface area contributed by atoms with Crippen molar-refractivity contribution in [1.82, 2.24) is 5.32 Å². The Hall–Kier alpha value is -0.240. The molecule has 2 saturated heterocycles. The zero-order valence-electron chi connectivity index (χ0n) is 22.0. The highest BCUT2D eigenvalue weighted by Crippen LogP contribution is 2.39. The second-order valence-corrected chi connectivity index (χ2v) is 10.4. The average Bonchev–Trinajstić information content (AvgIpc) is 3.26. The van der Waals surface area contributed by atoms with Gasteiger partial charge in [-0.05, 0) is 33.2 Å². The van der Waals surface area contributed by atoms with Crippen molar-refractivity contribution < 1.29 is 24.1 Å². The SMILES string of the molecule is CCCCCCCCCCCCCCCCNC(CCO)C1OC2OC(C)(C)O[C@@H]2C1OC. The van der Waals surface area contributed by atoms with E-state index in [1.807, 2.05) is 13.8 Å². The summed E-state index contributed by atoms with van der Waals surface area (Å²) in [7, 11) is 1.70. The predicted molar refractivity (Wildman–Crippen MR) is 133 cm³/mol. The molecule has 4 unspecified atom stereocenters. The summed E-state index contributed by atoms with van der Waals surface area (Å²) in [6.07, 6.45) is 18.7. The van der Waals surface area contributed by atoms with Crippen molar-refractivity contribution in [1.29, 1.82) is 0 Å². The van der Waals surface area contributed by atoms with E-state index >= 15 is 0 Å². The van der Waals surface area contributed by atoms with Gasteiger partial charge in [-0.1, -0.05) is 90.4 Å². The van der Waals surface area contributed by atoms with Crippen molar-refractivity contribution >= 4 is 0 Å². The van der Waals surface area contributed by atoms with Crippen LogP contribution in [0, 0.1) is 0 Å². The molecule has 0 radical (unpaired) electrons. The topological polar surface area (TPSA) is 69.2 Å². The fraction of sp³-hybridized carbons (Fsp3) is 1.00. The van der Waals surface area contributed by atoms with Crippen LogP contribution in [0.1, 0.15) is 117 Å². The van der Waals surface area contributed by atoms with Crippen LogP contribution in [0.4, 0.5) is 0 Å². The van der Waals surface area contributed by atoms with Crippen LogP contribution in [0.15, 0.2) is 0 Å². The van der Waals surface area contributed by atoms with Gasteiger partial charge in [-0.2, -0.15) is 0 Å². The van der Waals surface area contributed by atoms with E-state index in [1.165, 1.54) is 83.5 Å². The molecule has 6 nitrogen and oxygen atoms in total. The first-order valence-corrected chi connectivity index (χ1v) is 13.9. The molecule has 33 heavy (non-hydrogen) atoms. The maximum absolute atomic E-state index is 9.57. The molecule has 2 fully saturated rings. The number of aliphatic hydroxyl groups is 1. The first-order valence-electron chi connectivity index (χ1n) is 13.9. The Morgan fingerprint density at radius 1 is 0.848 bits per heavy atom. The Morgan fingerprint density at radius 2 is 1.39 bits per heavy atom. The third-order valence-electron chi connectivity index (χ3n) is 7.07. The van der Waals surface area contributed by atoms with Crippen LogP contribution >= 0.6 is 0 Å². The lowest BCUT2D eigenvalue weighted by Gasteiger charge is -2.30. The highest BCUT2D eigenvalue weighted by molar-refractivity contribution is 4.98. The first kappa shape index (κ1) is 29.0. The van der Waals surface area contributed by atoms with E-state index in [0.717, 1.165) is 13.0 Å². The summed E-state index contributed by atoms with van der Waals surface area (Å²) in [5, 5.41) is 13.2. The number of nitrogens with one attached hydrogen (secondary N) is 1. The zero-order valence-corrected chi connectivity index (χ0v) is 22.0. The van der Waals surface area contributed by atoms with Crippen LogP contribution in [0.5, 0.6) is 0 Å². The normalized spacial score (nSPS) is 27.2. The van der Waals surface area contributed by atoms with E-state index in [9.17, 15) is 5.11 Å². The molecule has 0 aromatic heterocycles. The lowest BCUT2D eigenvalue weighted by Crippen LogP contribution is -2.49. The van der Waals surface area contributed by atoms with Gasteiger partial charge in [0.05, 0.1) is 0 Å². The Kier molecular flexibility index (Phi) is 14.4. The summed E-state index contributed by atoms with van der Waals surface area (Å²) < 4.78 is 23.8. The van der Waals surface area contributed by atoms with Crippen molar-refractivity contribution in [3.05, 3.63) is 0 Å². The minimum atomic E-state index is -0.648. The van der Waals surface area contributed by atoms with Gasteiger partial charge in [0, 0.05) is 19.8 Å². The Labute approximate surface area is 203 Å². The molecule has 2 heterocycles. The predicted octanol–water partition coefficient (Wildman–Crippen LogP) is 5.70. The number of rotatable bonds is 20. The van der Waals surface area contributed by atoms with Crippen LogP contribution in [0.25, 0.3) is 0 Å². The molecule has 0 aromatic rings. The molecule has 0 bridgehead atoms. The van der Waals surface area contributed by atoms with Crippen molar-refractivity contribution in [2.24, 2.45) is 0 Å². The molecule has 2 aliphatic rings. The van der Waals surface area contributed by atoms with Crippen LogP contribution in [0.3, 0.4) is 0 Å². The average molecular weight is 472 g/mol. The van der Waals surface area contributed by atoms with Gasteiger partial charge < -0.3 is 29.4 Å². The molecule has 196 valence electrons. The van der Waals surface area contributed by atoms with Gasteiger partial charge >= 0.3 is 0 Å². The van der Waals surface area contributed by atoms with Crippen LogP contribution in [-0.4, -0.2) is 61.8 Å². The molecule has 0 aliphatic carbocycles. The Balaban J connectivity index is 1.51. The van der Waals surface area contributed by atoms with E-state index < -0.39 is 12.1 Å². The third kappa shape index (κ3) is 10.5. The number of hydrogen-bond donors (Lipinski definition) is 2. The molecule has 2 aliphatic heterocycles. The summed E-state index contributed by atoms with van der Waals surface area (Å²) >= 11 is 0. The minimum Gasteiger partial charge on any atom is -0.396 e. The van der Waals surface area contributed by atoms with Crippen LogP contribution in [0.2, 0.25) is 0 Å². The molecule has 6 heteroatoms. The standard InChI is InChI=1S/C27H53NO5/c1-5-6-7-8-9-10-11-12-13-14-15-16-17-18-20-28-22(19-21-29)23-24(30-4)25-26(31-23)33-27(2,3)32-25/h22-26,28-29H,5-21H2,1-4H3/t22?,23?,24?,25-,26?/m1/s1. The summed E-state index contributed by atoms with van der Waals surface area (Å²) in [6, 6.07) is 0.0304. The third-order valence-corrected chi connectivity index (χ3v) is 7.07. The van der Waals surface area contributed by atoms with Crippen LogP contribution in [-0.2, 0) is 18.9 Å². The Morgan fingerprint density at radius 3 is 1.91 bits per heavy atom. The minimum absolute atomic E-state index is 0.0304. The molecule has 2 N–H and O–H groups in total. The summed E-state index contributed by atoms with van der Waals surface area (Å²) in [5.41, 5.74) is 0. The van der Waals surface area contributed by atoms with Crippen molar-refractivity contribution in [2.75, 3.05) is 20.3 Å². The lowest BCUT2D eigenvalue weighted by molar-refractivity contribution is -0.220. The highest BCUT2D eigenvalue weighted by atomic mass is 16.8. The highest BCUT2D eigenvalue weighted by Gasteiger charge is 2.56. The number of fused-ring (bicyclic) bond motifs is 1. The summed E-state index contributed by atoms with van der Waals surface area (Å²) in [6.45, 7) is 7.13. The quantitative estimate of drug-likeness (QED) is 0.222. The number of methoxy groups -OCH3 is 1. The van der Waals surface area contributed by atoms with Crippen molar-refractivity contribution in [3.63, 3.8) is 0 Å². The van der Waals surface area contributed by atoms with E-state index in [-0.39, 0.29) is 31.0 Å². The fourth-order valence-electron chi connectivity index (χ4n) is 5.22. The molecule has 5 atom stereocenters. The molecule has 0 saturated carbocycles. The second-order valence-electron chi connectivity index (χ2n) is 10.4. The van der Waals surface area contributed by atoms with Gasteiger partial charge in [0.15, 0.2) is 12.1 Å². The molecular weight excluding hydrogens is 418 g/mol. The van der Waals surface area contributed by atoms with Gasteiger partial charge in [-0.3, -0.25) is 0 Å². The van der Waals surface area contributed by atoms with E-state index in [4.69, 9.17) is 18.9 Å². The van der Waals surface area contributed by atoms with Gasteiger partial charge in [0.1, 0.15) is 18.3 Å². The number of hydrogen-bond acceptors (Lipinski definition) is 6. The van der Waals surface area contributed by atoms with Crippen molar-refractivity contribution in [2.45, 2.75) is 154 Å². The van der Waals surface area contributed by atoms with Gasteiger partial charge in [0.25, 0.3) is 0 Å². The lowest BCUT2D eigenvalue weighted by atomic mass is 10.0. The first-order chi connectivity index (χ1) is 16.0. The maximum atomic E-state index is 9.57. The molecule has 0 spiro atoms. The molecular formula is C27H53NO5. The van der Waals surface area contributed by atoms with E-state index in [1.54, 1.807) is 7.11 Å². The van der Waals surface area contributed by atoms with Crippen LogP contribution < -0.4 is 5.32 Å². The number of unbranched alkanes of at least 4 members (excludes halogenated alkanes) is 13. The number of aliphatic hydroxyl groups excluding tert-OH is 1. The maximum Gasteiger partial charge on any atom is 0.190 e. The summed E-state index contributed by atoms with van der Waals surface area (Å²) in [5.74, 6) is -0.648. The largest absolute Gasteiger partial charge is 0.396 e. The van der Waals surface area contributed by atoms with Gasteiger partial charge in [-0.15, -0.1) is 0 Å². The Bertz CT molecular complexity index is 489. The van der Waals surface area contributed by atoms with Gasteiger partial charge in [0.2, 0.25) is 0 Å². The fourth-order valence-corrected chi connectivity index (χ4v) is 5.22. The van der Waals surface area contributed by atoms with Gasteiger partial charge in [-0.25, -0.2) is 0 Å². The smallest absolute Gasteiger partial charge is 0.190 e. The monoisotopic (exact) mass is 471 g/mol.